The fraction of sp³-hybridized carbons (Fsp3) is 0.867. The van der Waals surface area contributed by atoms with Crippen LogP contribution in [0.25, 0.3) is 0 Å². The Kier molecular flexibility index (Phi) is 6.32. The van der Waals surface area contributed by atoms with Crippen LogP contribution in [-0.2, 0) is 9.59 Å². The van der Waals surface area contributed by atoms with Gasteiger partial charge in [0.2, 0.25) is 0 Å². The van der Waals surface area contributed by atoms with E-state index in [9.17, 15) is 9.59 Å². The normalized spacial score (nSPS) is 23.0. The van der Waals surface area contributed by atoms with E-state index in [4.69, 9.17) is 10.2 Å². The molecule has 0 unspecified atom stereocenters. The average Bonchev–Trinajstić information content (AvgIpc) is 2.42. The third-order valence-electron chi connectivity index (χ3n) is 4.45. The van der Waals surface area contributed by atoms with E-state index in [1.807, 2.05) is 6.92 Å². The van der Waals surface area contributed by atoms with Gasteiger partial charge in [-0.25, -0.2) is 0 Å². The van der Waals surface area contributed by atoms with Crippen molar-refractivity contribution >= 4 is 11.9 Å². The van der Waals surface area contributed by atoms with Gasteiger partial charge >= 0.3 is 11.9 Å². The zero-order chi connectivity index (χ0) is 14.3. The minimum absolute atomic E-state index is 0.263. The topological polar surface area (TPSA) is 74.6 Å². The highest BCUT2D eigenvalue weighted by molar-refractivity contribution is 5.98. The molecule has 0 aliphatic heterocycles. The average molecular weight is 270 g/mol. The van der Waals surface area contributed by atoms with Crippen LogP contribution in [0.15, 0.2) is 0 Å². The fourth-order valence-corrected chi connectivity index (χ4v) is 2.83. The number of carboxylic acid groups (broad SMARTS) is 2. The molecule has 0 heterocycles. The predicted octanol–water partition coefficient (Wildman–Crippen LogP) is 3.69. The Morgan fingerprint density at radius 3 is 1.42 bits per heavy atom. The van der Waals surface area contributed by atoms with Gasteiger partial charge in [0, 0.05) is 0 Å². The maximum Gasteiger partial charge on any atom is 0.321 e. The minimum Gasteiger partial charge on any atom is -0.480 e. The number of carboxylic acids is 2. The standard InChI is InChI=1S/C9H14O4.C6H12/c1-6-2-4-9(5-3-6,7(10)11)8(12)13;1-2-4-6-5-3-1/h6H,2-5H2,1H3,(H,10,11)(H,12,13);1-6H2. The predicted molar refractivity (Wildman–Crippen MR) is 73.0 cm³/mol. The first kappa shape index (κ1) is 16.0. The molecule has 4 heteroatoms. The first-order chi connectivity index (χ1) is 8.99. The number of rotatable bonds is 2. The summed E-state index contributed by atoms with van der Waals surface area (Å²) in [6, 6.07) is 0. The van der Waals surface area contributed by atoms with Crippen LogP contribution >= 0.6 is 0 Å². The molecule has 19 heavy (non-hydrogen) atoms. The minimum atomic E-state index is -1.51. The lowest BCUT2D eigenvalue weighted by molar-refractivity contribution is -0.167. The van der Waals surface area contributed by atoms with Crippen molar-refractivity contribution in [2.45, 2.75) is 71.1 Å². The summed E-state index contributed by atoms with van der Waals surface area (Å²) in [6.45, 7) is 2.02. The zero-order valence-corrected chi connectivity index (χ0v) is 11.9. The van der Waals surface area contributed by atoms with Gasteiger partial charge in [-0.2, -0.15) is 0 Å². The lowest BCUT2D eigenvalue weighted by atomic mass is 9.71. The maximum atomic E-state index is 10.8. The molecule has 0 aromatic rings. The number of aliphatic carboxylic acids is 2. The quantitative estimate of drug-likeness (QED) is 0.750. The highest BCUT2D eigenvalue weighted by Gasteiger charge is 2.48. The molecule has 2 rings (SSSR count). The second-order valence-electron chi connectivity index (χ2n) is 6.00. The second-order valence-corrected chi connectivity index (χ2v) is 6.00. The first-order valence-corrected chi connectivity index (χ1v) is 7.46. The van der Waals surface area contributed by atoms with Gasteiger partial charge in [0.25, 0.3) is 0 Å². The Bertz CT molecular complexity index is 272. The first-order valence-electron chi connectivity index (χ1n) is 7.46. The summed E-state index contributed by atoms with van der Waals surface area (Å²) in [6.07, 6.45) is 10.9. The molecule has 2 fully saturated rings. The molecule has 2 aliphatic carbocycles. The van der Waals surface area contributed by atoms with Crippen LogP contribution in [0.1, 0.15) is 71.1 Å². The number of hydrogen-bond acceptors (Lipinski definition) is 2. The molecule has 0 aromatic carbocycles. The lowest BCUT2D eigenvalue weighted by Crippen LogP contribution is -2.42. The van der Waals surface area contributed by atoms with Gasteiger partial charge in [0.1, 0.15) is 0 Å². The van der Waals surface area contributed by atoms with Gasteiger partial charge in [-0.1, -0.05) is 45.4 Å². The highest BCUT2D eigenvalue weighted by Crippen LogP contribution is 2.39. The summed E-state index contributed by atoms with van der Waals surface area (Å²) >= 11 is 0. The summed E-state index contributed by atoms with van der Waals surface area (Å²) in [7, 11) is 0. The maximum absolute atomic E-state index is 10.8. The van der Waals surface area contributed by atoms with Gasteiger partial charge in [-0.15, -0.1) is 0 Å². The lowest BCUT2D eigenvalue weighted by Gasteiger charge is -2.31. The fourth-order valence-electron chi connectivity index (χ4n) is 2.83. The van der Waals surface area contributed by atoms with Crippen LogP contribution in [0.2, 0.25) is 0 Å². The summed E-state index contributed by atoms with van der Waals surface area (Å²) in [5, 5.41) is 17.7. The monoisotopic (exact) mass is 270 g/mol. The van der Waals surface area contributed by atoms with Crippen LogP contribution in [0.3, 0.4) is 0 Å². The Hall–Kier alpha value is -1.06. The number of carbonyl (C=O) groups is 2. The van der Waals surface area contributed by atoms with Crippen molar-refractivity contribution in [1.29, 1.82) is 0 Å². The summed E-state index contributed by atoms with van der Waals surface area (Å²) < 4.78 is 0. The van der Waals surface area contributed by atoms with Crippen molar-refractivity contribution in [3.8, 4) is 0 Å². The second kappa shape index (κ2) is 7.51. The van der Waals surface area contributed by atoms with E-state index in [0.29, 0.717) is 18.8 Å². The van der Waals surface area contributed by atoms with Crippen molar-refractivity contribution in [2.75, 3.05) is 0 Å². The summed E-state index contributed by atoms with van der Waals surface area (Å²) in [4.78, 5) is 21.7. The molecular formula is C15H26O4. The molecule has 0 radical (unpaired) electrons. The van der Waals surface area contributed by atoms with E-state index >= 15 is 0 Å². The molecule has 0 aromatic heterocycles. The third-order valence-corrected chi connectivity index (χ3v) is 4.45. The van der Waals surface area contributed by atoms with Crippen LogP contribution in [0, 0.1) is 11.3 Å². The van der Waals surface area contributed by atoms with E-state index in [1.54, 1.807) is 0 Å². The molecule has 0 amide bonds. The Morgan fingerprint density at radius 1 is 0.842 bits per heavy atom. The van der Waals surface area contributed by atoms with Gasteiger partial charge in [-0.05, 0) is 31.6 Å². The molecule has 2 N–H and O–H groups in total. The van der Waals surface area contributed by atoms with Gasteiger partial charge in [0.05, 0.1) is 0 Å². The molecule has 2 saturated carbocycles. The van der Waals surface area contributed by atoms with Crippen LogP contribution in [0.4, 0.5) is 0 Å². The SMILES string of the molecule is C1CCCCC1.CC1CCC(C(=O)O)(C(=O)O)CC1. The van der Waals surface area contributed by atoms with Gasteiger partial charge in [-0.3, -0.25) is 9.59 Å². The van der Waals surface area contributed by atoms with E-state index in [1.165, 1.54) is 38.5 Å². The Labute approximate surface area is 115 Å². The molecular weight excluding hydrogens is 244 g/mol. The van der Waals surface area contributed by atoms with E-state index in [2.05, 4.69) is 0 Å². The summed E-state index contributed by atoms with van der Waals surface area (Å²) in [5.41, 5.74) is -1.51. The third kappa shape index (κ3) is 4.51. The molecule has 0 spiro atoms. The molecule has 0 atom stereocenters. The largest absolute Gasteiger partial charge is 0.480 e. The Balaban J connectivity index is 0.000000250. The van der Waals surface area contributed by atoms with Crippen LogP contribution < -0.4 is 0 Å². The van der Waals surface area contributed by atoms with Crippen LogP contribution in [0.5, 0.6) is 0 Å². The smallest absolute Gasteiger partial charge is 0.321 e. The Morgan fingerprint density at radius 2 is 1.16 bits per heavy atom. The number of hydrogen-bond donors (Lipinski definition) is 2. The van der Waals surface area contributed by atoms with Crippen molar-refractivity contribution in [3.05, 3.63) is 0 Å². The van der Waals surface area contributed by atoms with Crippen LogP contribution in [-0.4, -0.2) is 22.2 Å². The molecule has 2 aliphatic rings. The van der Waals surface area contributed by atoms with Crippen molar-refractivity contribution in [1.82, 2.24) is 0 Å². The van der Waals surface area contributed by atoms with Crippen molar-refractivity contribution < 1.29 is 19.8 Å². The molecule has 0 bridgehead atoms. The van der Waals surface area contributed by atoms with E-state index in [-0.39, 0.29) is 12.8 Å². The molecule has 110 valence electrons. The van der Waals surface area contributed by atoms with Crippen molar-refractivity contribution in [3.63, 3.8) is 0 Å². The zero-order valence-electron chi connectivity index (χ0n) is 11.9. The van der Waals surface area contributed by atoms with E-state index < -0.39 is 17.4 Å². The van der Waals surface area contributed by atoms with E-state index in [0.717, 1.165) is 0 Å². The molecule has 0 saturated heterocycles. The highest BCUT2D eigenvalue weighted by atomic mass is 16.4. The van der Waals surface area contributed by atoms with Crippen molar-refractivity contribution in [2.24, 2.45) is 11.3 Å². The molecule has 4 nitrogen and oxygen atoms in total. The van der Waals surface area contributed by atoms with Gasteiger partial charge < -0.3 is 10.2 Å². The van der Waals surface area contributed by atoms with Gasteiger partial charge in [0.15, 0.2) is 5.41 Å². The summed E-state index contributed by atoms with van der Waals surface area (Å²) in [5.74, 6) is -1.93.